The molecule has 102 valence electrons. The fourth-order valence-electron chi connectivity index (χ4n) is 1.84. The van der Waals surface area contributed by atoms with Crippen molar-refractivity contribution in [2.45, 2.75) is 33.3 Å². The molecule has 2 aromatic rings. The summed E-state index contributed by atoms with van der Waals surface area (Å²) in [5.74, 6) is 1.31. The van der Waals surface area contributed by atoms with Gasteiger partial charge in [0.05, 0.1) is 0 Å². The summed E-state index contributed by atoms with van der Waals surface area (Å²) in [7, 11) is 0. The molecule has 0 atom stereocenters. The molecule has 0 spiro atoms. The molecule has 19 heavy (non-hydrogen) atoms. The molecule has 1 nitrogen and oxygen atoms in total. The molecule has 0 bridgehead atoms. The summed E-state index contributed by atoms with van der Waals surface area (Å²) >= 11 is 11.4. The van der Waals surface area contributed by atoms with Crippen molar-refractivity contribution in [3.8, 4) is 5.75 Å². The van der Waals surface area contributed by atoms with Gasteiger partial charge >= 0.3 is 0 Å². The highest BCUT2D eigenvalue weighted by Crippen LogP contribution is 2.32. The van der Waals surface area contributed by atoms with Crippen LogP contribution < -0.4 is 4.74 Å². The van der Waals surface area contributed by atoms with Gasteiger partial charge in [-0.15, -0.1) is 11.3 Å². The lowest BCUT2D eigenvalue weighted by Gasteiger charge is -2.14. The van der Waals surface area contributed by atoms with Crippen molar-refractivity contribution < 1.29 is 4.74 Å². The smallest absolute Gasteiger partial charge is 0.123 e. The van der Waals surface area contributed by atoms with Crippen molar-refractivity contribution in [1.29, 1.82) is 0 Å². The predicted octanol–water partition coefficient (Wildman–Crippen LogP) is 6.17. The number of halogens is 2. The average Bonchev–Trinajstić information content (AvgIpc) is 2.73. The second-order valence-electron chi connectivity index (χ2n) is 4.81. The summed E-state index contributed by atoms with van der Waals surface area (Å²) in [5, 5.41) is 2.88. The number of rotatable bonds is 4. The Balaban J connectivity index is 2.17. The first-order valence-electron chi connectivity index (χ1n) is 6.13. The van der Waals surface area contributed by atoms with Gasteiger partial charge in [-0.1, -0.05) is 25.4 Å². The molecule has 1 heterocycles. The largest absolute Gasteiger partial charge is 0.488 e. The third kappa shape index (κ3) is 3.74. The van der Waals surface area contributed by atoms with Crippen LogP contribution >= 0.6 is 38.9 Å². The van der Waals surface area contributed by atoms with E-state index in [-0.39, 0.29) is 0 Å². The zero-order chi connectivity index (χ0) is 14.0. The van der Waals surface area contributed by atoms with Gasteiger partial charge in [0, 0.05) is 19.8 Å². The van der Waals surface area contributed by atoms with Crippen LogP contribution in [0.25, 0.3) is 0 Å². The quantitative estimate of drug-likeness (QED) is 0.634. The topological polar surface area (TPSA) is 9.23 Å². The second-order valence-corrected chi connectivity index (χ2v) is 7.13. The van der Waals surface area contributed by atoms with Crippen LogP contribution in [-0.2, 0) is 6.61 Å². The number of benzene rings is 1. The lowest BCUT2D eigenvalue weighted by molar-refractivity contribution is 0.307. The molecular weight excluding hydrogens is 344 g/mol. The Hall–Kier alpha value is -0.510. The molecule has 0 saturated carbocycles. The minimum atomic E-state index is 0.395. The highest BCUT2D eigenvalue weighted by atomic mass is 79.9. The van der Waals surface area contributed by atoms with E-state index in [4.69, 9.17) is 16.3 Å². The second kappa shape index (κ2) is 6.29. The standard InChI is InChI=1S/C15H16BrClOS/c1-9(2)13-6-15(10(3)4-14(13)17)18-7-12-5-11(16)8-19-12/h4-6,8-9H,7H2,1-3H3. The van der Waals surface area contributed by atoms with E-state index in [1.807, 2.05) is 13.0 Å². The first-order valence-corrected chi connectivity index (χ1v) is 8.18. The van der Waals surface area contributed by atoms with Gasteiger partial charge in [0.15, 0.2) is 0 Å². The summed E-state index contributed by atoms with van der Waals surface area (Å²) in [6, 6.07) is 6.13. The third-order valence-electron chi connectivity index (χ3n) is 2.91. The number of aryl methyl sites for hydroxylation is 1. The highest BCUT2D eigenvalue weighted by molar-refractivity contribution is 9.10. The molecule has 0 aliphatic heterocycles. The van der Waals surface area contributed by atoms with Crippen LogP contribution in [0.15, 0.2) is 28.1 Å². The fraction of sp³-hybridized carbons (Fsp3) is 0.333. The molecule has 2 rings (SSSR count). The van der Waals surface area contributed by atoms with Crippen LogP contribution in [0, 0.1) is 6.92 Å². The van der Waals surface area contributed by atoms with Crippen LogP contribution in [0.5, 0.6) is 5.75 Å². The van der Waals surface area contributed by atoms with Gasteiger partial charge in [0.25, 0.3) is 0 Å². The monoisotopic (exact) mass is 358 g/mol. The number of thiophene rings is 1. The van der Waals surface area contributed by atoms with Crippen LogP contribution in [0.4, 0.5) is 0 Å². The Bertz CT molecular complexity index is 578. The first kappa shape index (κ1) is 14.9. The number of ether oxygens (including phenoxy) is 1. The van der Waals surface area contributed by atoms with Gasteiger partial charge in [-0.05, 0) is 58.1 Å². The third-order valence-corrected chi connectivity index (χ3v) is 4.91. The fourth-order valence-corrected chi connectivity index (χ4v) is 3.64. The van der Waals surface area contributed by atoms with E-state index in [9.17, 15) is 0 Å². The van der Waals surface area contributed by atoms with Crippen LogP contribution in [-0.4, -0.2) is 0 Å². The van der Waals surface area contributed by atoms with Crippen molar-refractivity contribution in [3.05, 3.63) is 49.1 Å². The summed E-state index contributed by atoms with van der Waals surface area (Å²) in [5.41, 5.74) is 2.21. The van der Waals surface area contributed by atoms with Gasteiger partial charge in [-0.2, -0.15) is 0 Å². The lowest BCUT2D eigenvalue weighted by atomic mass is 10.0. The van der Waals surface area contributed by atoms with Gasteiger partial charge in [0.1, 0.15) is 12.4 Å². The van der Waals surface area contributed by atoms with E-state index < -0.39 is 0 Å². The molecular formula is C15H16BrClOS. The summed E-state index contributed by atoms with van der Waals surface area (Å²) in [6.45, 7) is 6.89. The summed E-state index contributed by atoms with van der Waals surface area (Å²) in [4.78, 5) is 1.20. The van der Waals surface area contributed by atoms with Crippen LogP contribution in [0.1, 0.15) is 35.8 Å². The Kier molecular flexibility index (Phi) is 4.93. The molecule has 0 unspecified atom stereocenters. The molecule has 0 N–H and O–H groups in total. The Morgan fingerprint density at radius 3 is 2.63 bits per heavy atom. The maximum atomic E-state index is 6.26. The molecule has 0 fully saturated rings. The predicted molar refractivity (Wildman–Crippen MR) is 86.6 cm³/mol. The van der Waals surface area contributed by atoms with Gasteiger partial charge in [0.2, 0.25) is 0 Å². The van der Waals surface area contributed by atoms with E-state index in [2.05, 4.69) is 47.3 Å². The van der Waals surface area contributed by atoms with E-state index in [0.717, 1.165) is 26.4 Å². The SMILES string of the molecule is Cc1cc(Cl)c(C(C)C)cc1OCc1cc(Br)cs1. The molecule has 0 saturated heterocycles. The molecule has 0 aliphatic carbocycles. The maximum Gasteiger partial charge on any atom is 0.123 e. The van der Waals surface area contributed by atoms with E-state index in [1.54, 1.807) is 11.3 Å². The van der Waals surface area contributed by atoms with E-state index >= 15 is 0 Å². The Labute approximate surface area is 131 Å². The van der Waals surface area contributed by atoms with Gasteiger partial charge in [-0.25, -0.2) is 0 Å². The zero-order valence-corrected chi connectivity index (χ0v) is 14.3. The molecule has 0 radical (unpaired) electrons. The van der Waals surface area contributed by atoms with Gasteiger partial charge < -0.3 is 4.74 Å². The Morgan fingerprint density at radius 1 is 1.32 bits per heavy atom. The molecule has 0 amide bonds. The Morgan fingerprint density at radius 2 is 2.05 bits per heavy atom. The minimum Gasteiger partial charge on any atom is -0.488 e. The summed E-state index contributed by atoms with van der Waals surface area (Å²) in [6.07, 6.45) is 0. The first-order chi connectivity index (χ1) is 8.97. The zero-order valence-electron chi connectivity index (χ0n) is 11.2. The minimum absolute atomic E-state index is 0.395. The molecule has 4 heteroatoms. The summed E-state index contributed by atoms with van der Waals surface area (Å²) < 4.78 is 7.02. The van der Waals surface area contributed by atoms with Crippen molar-refractivity contribution in [2.75, 3.05) is 0 Å². The van der Waals surface area contributed by atoms with E-state index in [0.29, 0.717) is 12.5 Å². The number of hydrogen-bond acceptors (Lipinski definition) is 2. The maximum absolute atomic E-state index is 6.26. The van der Waals surface area contributed by atoms with Crippen molar-refractivity contribution in [1.82, 2.24) is 0 Å². The molecule has 1 aromatic carbocycles. The normalized spacial score (nSPS) is 11.1. The highest BCUT2D eigenvalue weighted by Gasteiger charge is 2.10. The van der Waals surface area contributed by atoms with Crippen molar-refractivity contribution in [3.63, 3.8) is 0 Å². The lowest BCUT2D eigenvalue weighted by Crippen LogP contribution is -1.98. The molecule has 1 aromatic heterocycles. The molecule has 0 aliphatic rings. The van der Waals surface area contributed by atoms with Crippen molar-refractivity contribution in [2.24, 2.45) is 0 Å². The van der Waals surface area contributed by atoms with E-state index in [1.165, 1.54) is 4.88 Å². The van der Waals surface area contributed by atoms with Gasteiger partial charge in [-0.3, -0.25) is 0 Å². The average molecular weight is 360 g/mol. The van der Waals surface area contributed by atoms with Crippen molar-refractivity contribution >= 4 is 38.9 Å². The van der Waals surface area contributed by atoms with Crippen LogP contribution in [0.2, 0.25) is 5.02 Å². The van der Waals surface area contributed by atoms with Crippen LogP contribution in [0.3, 0.4) is 0 Å². The number of hydrogen-bond donors (Lipinski definition) is 0.